The predicted molar refractivity (Wildman–Crippen MR) is 130 cm³/mol. The van der Waals surface area contributed by atoms with E-state index in [1.54, 1.807) is 29.2 Å². The molecule has 10 nitrogen and oxygen atoms in total. The molecule has 1 fully saturated rings. The summed E-state index contributed by atoms with van der Waals surface area (Å²) in [5, 5.41) is 8.38. The highest BCUT2D eigenvalue weighted by Gasteiger charge is 2.17. The standard InChI is InChI=1S/C26H24FN5O5/c27-17-36-21-6-4-20(5-7-21)25-28-26(37-30-25)22-8-9-23(33)32(29-22)16-19-3-1-2-18(14-19)15-24(34)31-10-12-35-13-11-31/h1-9,14H,10-13,15-17H2. The SMILES string of the molecule is O=C(Cc1cccc(Cn2nc(-c3nc(-c4ccc(OCF)cc4)no3)ccc2=O)c1)N1CCOCC1. The van der Waals surface area contributed by atoms with E-state index in [0.29, 0.717) is 49.1 Å². The number of amides is 1. The Kier molecular flexibility index (Phi) is 7.31. The first-order valence-corrected chi connectivity index (χ1v) is 11.7. The fourth-order valence-electron chi connectivity index (χ4n) is 3.99. The van der Waals surface area contributed by atoms with Gasteiger partial charge in [-0.3, -0.25) is 9.59 Å². The maximum absolute atomic E-state index is 12.6. The normalized spacial score (nSPS) is 13.5. The lowest BCUT2D eigenvalue weighted by molar-refractivity contribution is -0.134. The lowest BCUT2D eigenvalue weighted by Gasteiger charge is -2.26. The third-order valence-electron chi connectivity index (χ3n) is 5.89. The summed E-state index contributed by atoms with van der Waals surface area (Å²) in [6.07, 6.45) is 0.280. The second-order valence-corrected chi connectivity index (χ2v) is 8.41. The monoisotopic (exact) mass is 505 g/mol. The van der Waals surface area contributed by atoms with E-state index >= 15 is 0 Å². The van der Waals surface area contributed by atoms with Crippen LogP contribution >= 0.6 is 0 Å². The summed E-state index contributed by atoms with van der Waals surface area (Å²) >= 11 is 0. The maximum atomic E-state index is 12.6. The molecule has 0 spiro atoms. The van der Waals surface area contributed by atoms with E-state index in [1.807, 2.05) is 24.3 Å². The van der Waals surface area contributed by atoms with Gasteiger partial charge in [-0.05, 0) is 41.5 Å². The van der Waals surface area contributed by atoms with Crippen molar-refractivity contribution in [1.82, 2.24) is 24.8 Å². The van der Waals surface area contributed by atoms with E-state index in [-0.39, 0.29) is 30.3 Å². The number of aromatic nitrogens is 4. The molecule has 0 radical (unpaired) electrons. The third-order valence-corrected chi connectivity index (χ3v) is 5.89. The lowest BCUT2D eigenvalue weighted by atomic mass is 10.1. The zero-order valence-electron chi connectivity index (χ0n) is 19.9. The number of ether oxygens (including phenoxy) is 2. The number of rotatable bonds is 8. The van der Waals surface area contributed by atoms with Crippen LogP contribution < -0.4 is 10.3 Å². The van der Waals surface area contributed by atoms with Crippen molar-refractivity contribution in [2.75, 3.05) is 33.2 Å². The molecule has 3 heterocycles. The number of morpholine rings is 1. The minimum atomic E-state index is -0.913. The largest absolute Gasteiger partial charge is 0.463 e. The minimum Gasteiger partial charge on any atom is -0.463 e. The molecule has 0 unspecified atom stereocenters. The zero-order valence-corrected chi connectivity index (χ0v) is 19.9. The predicted octanol–water partition coefficient (Wildman–Crippen LogP) is 2.72. The van der Waals surface area contributed by atoms with Crippen LogP contribution in [0.3, 0.4) is 0 Å². The number of nitrogens with zero attached hydrogens (tertiary/aromatic N) is 5. The van der Waals surface area contributed by atoms with Gasteiger partial charge in [0.2, 0.25) is 18.6 Å². The molecule has 4 aromatic rings. The van der Waals surface area contributed by atoms with Gasteiger partial charge in [0.15, 0.2) is 0 Å². The van der Waals surface area contributed by atoms with Crippen molar-refractivity contribution in [3.05, 3.63) is 82.1 Å². The maximum Gasteiger partial charge on any atom is 0.278 e. The van der Waals surface area contributed by atoms with Crippen molar-refractivity contribution in [2.45, 2.75) is 13.0 Å². The Bertz CT molecular complexity index is 1430. The Balaban J connectivity index is 1.31. The first-order chi connectivity index (χ1) is 18.1. The number of benzene rings is 2. The van der Waals surface area contributed by atoms with Crippen LogP contribution in [0.2, 0.25) is 0 Å². The van der Waals surface area contributed by atoms with Crippen molar-refractivity contribution in [3.8, 4) is 28.7 Å². The summed E-state index contributed by atoms with van der Waals surface area (Å²) in [5.74, 6) is 0.907. The first kappa shape index (κ1) is 24.3. The molecule has 0 saturated carbocycles. The molecule has 0 atom stereocenters. The van der Waals surface area contributed by atoms with Crippen LogP contribution in [-0.2, 0) is 22.5 Å². The molecule has 1 aliphatic rings. The Labute approximate surface area is 211 Å². The molecule has 1 saturated heterocycles. The van der Waals surface area contributed by atoms with Crippen LogP contribution in [0.5, 0.6) is 5.75 Å². The van der Waals surface area contributed by atoms with Crippen molar-refractivity contribution in [3.63, 3.8) is 0 Å². The molecular formula is C26H24FN5O5. The van der Waals surface area contributed by atoms with Gasteiger partial charge in [0, 0.05) is 24.7 Å². The fourth-order valence-corrected chi connectivity index (χ4v) is 3.99. The molecule has 1 amide bonds. The third kappa shape index (κ3) is 5.89. The molecule has 11 heteroatoms. The van der Waals surface area contributed by atoms with E-state index in [4.69, 9.17) is 14.0 Å². The molecule has 0 bridgehead atoms. The number of carbonyl (C=O) groups excluding carboxylic acids is 1. The second kappa shape index (κ2) is 11.1. The smallest absolute Gasteiger partial charge is 0.278 e. The molecule has 190 valence electrons. The summed E-state index contributed by atoms with van der Waals surface area (Å²) in [7, 11) is 0. The Morgan fingerprint density at radius 3 is 2.59 bits per heavy atom. The Hall–Kier alpha value is -4.38. The highest BCUT2D eigenvalue weighted by Crippen LogP contribution is 2.23. The van der Waals surface area contributed by atoms with Gasteiger partial charge in [0.1, 0.15) is 11.4 Å². The molecule has 0 N–H and O–H groups in total. The van der Waals surface area contributed by atoms with Crippen molar-refractivity contribution < 1.29 is 23.2 Å². The van der Waals surface area contributed by atoms with Crippen LogP contribution in [0.15, 0.2) is 70.0 Å². The summed E-state index contributed by atoms with van der Waals surface area (Å²) in [6, 6.07) is 17.0. The van der Waals surface area contributed by atoms with Crippen LogP contribution in [0, 0.1) is 0 Å². The number of hydrogen-bond acceptors (Lipinski definition) is 8. The zero-order chi connectivity index (χ0) is 25.6. The van der Waals surface area contributed by atoms with Crippen LogP contribution in [0.4, 0.5) is 4.39 Å². The summed E-state index contributed by atoms with van der Waals surface area (Å²) < 4.78 is 29.1. The van der Waals surface area contributed by atoms with E-state index < -0.39 is 6.86 Å². The fraction of sp³-hybridized carbons (Fsp3) is 0.269. The molecule has 5 rings (SSSR count). The van der Waals surface area contributed by atoms with E-state index in [0.717, 1.165) is 11.1 Å². The van der Waals surface area contributed by atoms with E-state index in [2.05, 4.69) is 15.2 Å². The average molecular weight is 506 g/mol. The van der Waals surface area contributed by atoms with Gasteiger partial charge in [-0.25, -0.2) is 9.07 Å². The van der Waals surface area contributed by atoms with Gasteiger partial charge >= 0.3 is 0 Å². The average Bonchev–Trinajstić information content (AvgIpc) is 3.42. The number of alkyl halides is 1. The topological polar surface area (TPSA) is 113 Å². The molecule has 2 aromatic carbocycles. The minimum absolute atomic E-state index is 0.0505. The molecule has 1 aliphatic heterocycles. The van der Waals surface area contributed by atoms with E-state index in [9.17, 15) is 14.0 Å². The molecular weight excluding hydrogens is 481 g/mol. The summed E-state index contributed by atoms with van der Waals surface area (Å²) in [5.41, 5.74) is 2.40. The summed E-state index contributed by atoms with van der Waals surface area (Å²) in [6.45, 7) is 1.61. The summed E-state index contributed by atoms with van der Waals surface area (Å²) in [4.78, 5) is 31.3. The lowest BCUT2D eigenvalue weighted by Crippen LogP contribution is -2.41. The van der Waals surface area contributed by atoms with Gasteiger partial charge in [-0.15, -0.1) is 0 Å². The quantitative estimate of drug-likeness (QED) is 0.359. The van der Waals surface area contributed by atoms with E-state index in [1.165, 1.54) is 16.8 Å². The number of carbonyl (C=O) groups is 1. The highest BCUT2D eigenvalue weighted by atomic mass is 19.1. The number of hydrogen-bond donors (Lipinski definition) is 0. The van der Waals surface area contributed by atoms with Crippen molar-refractivity contribution in [2.24, 2.45) is 0 Å². The van der Waals surface area contributed by atoms with Gasteiger partial charge < -0.3 is 18.9 Å². The Morgan fingerprint density at radius 2 is 1.81 bits per heavy atom. The van der Waals surface area contributed by atoms with Crippen molar-refractivity contribution in [1.29, 1.82) is 0 Å². The van der Waals surface area contributed by atoms with Gasteiger partial charge in [0.25, 0.3) is 11.4 Å². The number of halogens is 1. The van der Waals surface area contributed by atoms with Crippen LogP contribution in [-0.4, -0.2) is 63.9 Å². The van der Waals surface area contributed by atoms with Gasteiger partial charge in [-0.2, -0.15) is 10.1 Å². The van der Waals surface area contributed by atoms with Crippen LogP contribution in [0.1, 0.15) is 11.1 Å². The molecule has 0 aliphatic carbocycles. The van der Waals surface area contributed by atoms with Crippen LogP contribution in [0.25, 0.3) is 23.0 Å². The second-order valence-electron chi connectivity index (χ2n) is 8.41. The van der Waals surface area contributed by atoms with Gasteiger partial charge in [0.05, 0.1) is 26.2 Å². The molecule has 2 aromatic heterocycles. The van der Waals surface area contributed by atoms with Crippen molar-refractivity contribution >= 4 is 5.91 Å². The Morgan fingerprint density at radius 1 is 1.03 bits per heavy atom. The highest BCUT2D eigenvalue weighted by molar-refractivity contribution is 5.78. The van der Waals surface area contributed by atoms with Gasteiger partial charge in [-0.1, -0.05) is 29.4 Å². The first-order valence-electron chi connectivity index (χ1n) is 11.7. The molecule has 37 heavy (non-hydrogen) atoms.